The largest absolute Gasteiger partial charge is 0.342 e. The molecule has 0 unspecified atom stereocenters. The predicted molar refractivity (Wildman–Crippen MR) is 173 cm³/mol. The number of anilines is 1. The van der Waals surface area contributed by atoms with Gasteiger partial charge >= 0.3 is 6.03 Å². The molecule has 0 saturated carbocycles. The van der Waals surface area contributed by atoms with Gasteiger partial charge in [-0.05, 0) is 93.9 Å². The first-order valence-corrected chi connectivity index (χ1v) is 16.8. The molecule has 10 nitrogen and oxygen atoms in total. The van der Waals surface area contributed by atoms with Crippen LogP contribution in [0.4, 0.5) is 14.9 Å². The zero-order valence-electron chi connectivity index (χ0n) is 26.7. The number of benzene rings is 2. The van der Waals surface area contributed by atoms with Gasteiger partial charge in [-0.15, -0.1) is 0 Å². The van der Waals surface area contributed by atoms with Gasteiger partial charge in [-0.2, -0.15) is 0 Å². The first kappa shape index (κ1) is 32.0. The van der Waals surface area contributed by atoms with Gasteiger partial charge in [0.15, 0.2) is 0 Å². The number of nitrogens with one attached hydrogen (secondary N) is 2. The van der Waals surface area contributed by atoms with Crippen molar-refractivity contribution in [2.24, 2.45) is 0 Å². The first-order chi connectivity index (χ1) is 22.3. The number of carbonyl (C=O) groups excluding carboxylic acids is 4. The number of halogens is 1. The molecular weight excluding hydrogens is 587 g/mol. The molecule has 3 fully saturated rings. The second-order valence-corrected chi connectivity index (χ2v) is 13.2. The van der Waals surface area contributed by atoms with Crippen molar-refractivity contribution in [3.8, 4) is 0 Å². The third kappa shape index (κ3) is 7.19. The third-order valence-electron chi connectivity index (χ3n) is 10.2. The van der Waals surface area contributed by atoms with E-state index >= 15 is 0 Å². The van der Waals surface area contributed by atoms with Crippen molar-refractivity contribution in [1.82, 2.24) is 24.9 Å². The highest BCUT2D eigenvalue weighted by molar-refractivity contribution is 5.99. The van der Waals surface area contributed by atoms with Gasteiger partial charge in [0.1, 0.15) is 11.9 Å². The van der Waals surface area contributed by atoms with E-state index in [9.17, 15) is 23.6 Å². The van der Waals surface area contributed by atoms with Crippen molar-refractivity contribution in [3.63, 3.8) is 0 Å². The molecule has 4 aliphatic rings. The molecule has 0 aromatic heterocycles. The van der Waals surface area contributed by atoms with E-state index in [0.29, 0.717) is 57.2 Å². The summed E-state index contributed by atoms with van der Waals surface area (Å²) in [5.41, 5.74) is 2.48. The minimum absolute atomic E-state index is 0.00236. The normalized spacial score (nSPS) is 20.6. The van der Waals surface area contributed by atoms with Gasteiger partial charge in [-0.1, -0.05) is 24.6 Å². The van der Waals surface area contributed by atoms with Crippen LogP contribution in [0.25, 0.3) is 0 Å². The fourth-order valence-corrected chi connectivity index (χ4v) is 7.43. The van der Waals surface area contributed by atoms with E-state index in [1.807, 2.05) is 29.2 Å². The Morgan fingerprint density at radius 1 is 0.891 bits per heavy atom. The lowest BCUT2D eigenvalue weighted by atomic mass is 9.98. The highest BCUT2D eigenvalue weighted by Crippen LogP contribution is 2.28. The van der Waals surface area contributed by atoms with Gasteiger partial charge in [0.25, 0.3) is 5.91 Å². The van der Waals surface area contributed by atoms with E-state index < -0.39 is 17.8 Å². The van der Waals surface area contributed by atoms with Crippen LogP contribution < -0.4 is 10.6 Å². The molecule has 4 heterocycles. The summed E-state index contributed by atoms with van der Waals surface area (Å²) in [6.07, 6.45) is 6.56. The van der Waals surface area contributed by atoms with Crippen LogP contribution in [0, 0.1) is 12.7 Å². The van der Waals surface area contributed by atoms with Crippen molar-refractivity contribution in [1.29, 1.82) is 0 Å². The van der Waals surface area contributed by atoms with Gasteiger partial charge in [0, 0.05) is 56.1 Å². The van der Waals surface area contributed by atoms with Crippen molar-refractivity contribution in [2.75, 3.05) is 44.6 Å². The molecule has 246 valence electrons. The Labute approximate surface area is 270 Å². The number of para-hydroxylation sites is 1. The average molecular weight is 633 g/mol. The molecule has 2 aromatic rings. The van der Waals surface area contributed by atoms with E-state index in [4.69, 9.17) is 0 Å². The van der Waals surface area contributed by atoms with E-state index in [2.05, 4.69) is 15.5 Å². The quantitative estimate of drug-likeness (QED) is 0.478. The maximum absolute atomic E-state index is 13.9. The number of nitrogens with zero attached hydrogens (tertiary/aromatic N) is 4. The number of likely N-dealkylation sites (tertiary alicyclic amines) is 3. The fourth-order valence-electron chi connectivity index (χ4n) is 7.43. The number of hydrogen-bond acceptors (Lipinski definition) is 5. The Kier molecular flexibility index (Phi) is 9.86. The van der Waals surface area contributed by atoms with Crippen molar-refractivity contribution < 1.29 is 23.6 Å². The number of hydrogen-bond donors (Lipinski definition) is 2. The van der Waals surface area contributed by atoms with E-state index in [1.54, 1.807) is 16.7 Å². The van der Waals surface area contributed by atoms with E-state index in [0.717, 1.165) is 37.2 Å². The van der Waals surface area contributed by atoms with Crippen LogP contribution in [0.15, 0.2) is 42.5 Å². The zero-order valence-corrected chi connectivity index (χ0v) is 26.7. The number of piperidine rings is 3. The Hall–Kier alpha value is -3.99. The van der Waals surface area contributed by atoms with Gasteiger partial charge in [0.05, 0.1) is 6.42 Å². The number of rotatable bonds is 7. The fraction of sp³-hybridized carbons (Fsp3) is 0.543. The van der Waals surface area contributed by atoms with Crippen molar-refractivity contribution >= 4 is 29.4 Å². The molecule has 46 heavy (non-hydrogen) atoms. The molecule has 0 spiro atoms. The molecule has 2 N–H and O–H groups in total. The Morgan fingerprint density at radius 3 is 2.28 bits per heavy atom. The van der Waals surface area contributed by atoms with Crippen LogP contribution in [-0.2, 0) is 16.1 Å². The Bertz CT molecular complexity index is 1450. The average Bonchev–Trinajstić information content (AvgIpc) is 3.09. The second-order valence-electron chi connectivity index (χ2n) is 13.2. The lowest BCUT2D eigenvalue weighted by molar-refractivity contribution is -0.140. The maximum atomic E-state index is 13.9. The first-order valence-electron chi connectivity index (χ1n) is 16.8. The molecule has 2 aromatic carbocycles. The standard InChI is InChI=1S/C35H45FN6O4/c1-24-21-25(9-10-29(24)36)33(44)37-31(34(45)41-19-11-27(12-20-41)39-15-5-2-6-16-39)22-32(43)40-17-13-28(14-18-40)42-23-26-7-3-4-8-30(26)38-35(42)46/h3-4,7-10,21,27-28,31H,2,5-6,11-20,22-23H2,1H3,(H,37,44)(H,38,46)/t31-/m0/s1. The van der Waals surface area contributed by atoms with Crippen LogP contribution in [0.5, 0.6) is 0 Å². The van der Waals surface area contributed by atoms with Gasteiger partial charge < -0.3 is 30.2 Å². The summed E-state index contributed by atoms with van der Waals surface area (Å²) in [5.74, 6) is -1.38. The highest BCUT2D eigenvalue weighted by Gasteiger charge is 2.36. The third-order valence-corrected chi connectivity index (χ3v) is 10.2. The maximum Gasteiger partial charge on any atom is 0.322 e. The van der Waals surface area contributed by atoms with Crippen LogP contribution >= 0.6 is 0 Å². The number of urea groups is 1. The summed E-state index contributed by atoms with van der Waals surface area (Å²) in [6, 6.07) is 11.2. The van der Waals surface area contributed by atoms with Crippen molar-refractivity contribution in [2.45, 2.75) is 83.0 Å². The molecule has 1 atom stereocenters. The molecular formula is C35H45FN6O4. The summed E-state index contributed by atoms with van der Waals surface area (Å²) in [5, 5.41) is 5.80. The van der Waals surface area contributed by atoms with Crippen LogP contribution in [0.3, 0.4) is 0 Å². The molecule has 5 amide bonds. The van der Waals surface area contributed by atoms with E-state index in [-0.39, 0.29) is 35.9 Å². The number of fused-ring (bicyclic) bond motifs is 1. The number of carbonyl (C=O) groups is 4. The SMILES string of the molecule is Cc1cc(C(=O)N[C@@H](CC(=O)N2CCC(N3Cc4ccccc4NC3=O)CC2)C(=O)N2CCC(N3CCCCC3)CC2)ccc1F. The summed E-state index contributed by atoms with van der Waals surface area (Å²) in [7, 11) is 0. The Morgan fingerprint density at radius 2 is 1.57 bits per heavy atom. The number of aryl methyl sites for hydroxylation is 1. The summed E-state index contributed by atoms with van der Waals surface area (Å²) in [6.45, 7) is 6.42. The van der Waals surface area contributed by atoms with Gasteiger partial charge in [0.2, 0.25) is 11.8 Å². The Balaban J connectivity index is 1.09. The van der Waals surface area contributed by atoms with Crippen LogP contribution in [0.2, 0.25) is 0 Å². The molecule has 6 rings (SSSR count). The monoisotopic (exact) mass is 632 g/mol. The van der Waals surface area contributed by atoms with E-state index in [1.165, 1.54) is 37.5 Å². The molecule has 0 aliphatic carbocycles. The number of amides is 5. The minimum Gasteiger partial charge on any atom is -0.342 e. The summed E-state index contributed by atoms with van der Waals surface area (Å²) in [4.78, 5) is 61.6. The van der Waals surface area contributed by atoms with Crippen LogP contribution in [-0.4, -0.2) is 101 Å². The second kappa shape index (κ2) is 14.2. The smallest absolute Gasteiger partial charge is 0.322 e. The van der Waals surface area contributed by atoms with Gasteiger partial charge in [-0.3, -0.25) is 14.4 Å². The van der Waals surface area contributed by atoms with Crippen LogP contribution in [0.1, 0.15) is 72.9 Å². The molecule has 0 bridgehead atoms. The lowest BCUT2D eigenvalue weighted by Crippen LogP contribution is -2.55. The summed E-state index contributed by atoms with van der Waals surface area (Å²) < 4.78 is 13.9. The molecule has 0 radical (unpaired) electrons. The lowest BCUT2D eigenvalue weighted by Gasteiger charge is -2.41. The molecule has 11 heteroatoms. The topological polar surface area (TPSA) is 105 Å². The highest BCUT2D eigenvalue weighted by atomic mass is 19.1. The molecule has 4 aliphatic heterocycles. The van der Waals surface area contributed by atoms with Gasteiger partial charge in [-0.25, -0.2) is 9.18 Å². The molecule has 3 saturated heterocycles. The van der Waals surface area contributed by atoms with Crippen molar-refractivity contribution in [3.05, 3.63) is 65.0 Å². The predicted octanol–water partition coefficient (Wildman–Crippen LogP) is 4.14. The zero-order chi connectivity index (χ0) is 32.2. The minimum atomic E-state index is -1.03. The summed E-state index contributed by atoms with van der Waals surface area (Å²) >= 11 is 0.